The van der Waals surface area contributed by atoms with E-state index in [4.69, 9.17) is 0 Å². The molecule has 1 heteroatoms. The molecule has 1 rings (SSSR count). The topological polar surface area (TPSA) is 20.2 Å². The molecule has 0 radical (unpaired) electrons. The zero-order chi connectivity index (χ0) is 15.0. The molecule has 1 N–H and O–H groups in total. The third-order valence-corrected chi connectivity index (χ3v) is 5.24. The van der Waals surface area contributed by atoms with Gasteiger partial charge in [0.2, 0.25) is 0 Å². The van der Waals surface area contributed by atoms with Crippen LogP contribution in [-0.4, -0.2) is 11.2 Å². The molecule has 0 heterocycles. The first-order valence-electron chi connectivity index (χ1n) is 8.59. The molecule has 0 aliphatic heterocycles. The van der Waals surface area contributed by atoms with Crippen molar-refractivity contribution < 1.29 is 5.11 Å². The van der Waals surface area contributed by atoms with Crippen LogP contribution in [0.1, 0.15) is 80.6 Å². The van der Waals surface area contributed by atoms with E-state index in [1.165, 1.54) is 25.7 Å². The third kappa shape index (κ3) is 6.79. The largest absolute Gasteiger partial charge is 0.393 e. The van der Waals surface area contributed by atoms with Gasteiger partial charge in [-0.05, 0) is 55.3 Å². The molecule has 1 nitrogen and oxygen atoms in total. The Hall–Kier alpha value is -0.0400. The Morgan fingerprint density at radius 3 is 2.00 bits per heavy atom. The van der Waals surface area contributed by atoms with E-state index in [0.717, 1.165) is 30.1 Å². The van der Waals surface area contributed by atoms with Crippen molar-refractivity contribution >= 4 is 0 Å². The second kappa shape index (κ2) is 9.80. The lowest BCUT2D eigenvalue weighted by Gasteiger charge is -2.35. The van der Waals surface area contributed by atoms with Gasteiger partial charge in [-0.1, -0.05) is 54.9 Å². The van der Waals surface area contributed by atoms with Crippen molar-refractivity contribution in [2.24, 2.45) is 29.6 Å². The first-order chi connectivity index (χ1) is 8.91. The van der Waals surface area contributed by atoms with Gasteiger partial charge in [-0.15, -0.1) is 0 Å². The summed E-state index contributed by atoms with van der Waals surface area (Å²) in [6.45, 7) is 15.6. The lowest BCUT2D eigenvalue weighted by Crippen LogP contribution is -2.29. The molecule has 1 aliphatic rings. The summed E-state index contributed by atoms with van der Waals surface area (Å²) in [7, 11) is 0. The molecule has 1 saturated carbocycles. The van der Waals surface area contributed by atoms with Crippen molar-refractivity contribution in [1.29, 1.82) is 0 Å². The maximum Gasteiger partial charge on any atom is 0.0568 e. The normalized spacial score (nSPS) is 30.5. The highest BCUT2D eigenvalue weighted by molar-refractivity contribution is 4.80. The molecule has 5 atom stereocenters. The molecule has 0 aromatic heterocycles. The summed E-state index contributed by atoms with van der Waals surface area (Å²) in [5.74, 6) is 3.71. The molecule has 0 aromatic rings. The van der Waals surface area contributed by atoms with E-state index < -0.39 is 0 Å². The summed E-state index contributed by atoms with van der Waals surface area (Å²) < 4.78 is 0. The average molecular weight is 271 g/mol. The monoisotopic (exact) mass is 270 g/mol. The third-order valence-electron chi connectivity index (χ3n) is 5.24. The van der Waals surface area contributed by atoms with Crippen molar-refractivity contribution in [2.45, 2.75) is 86.7 Å². The maximum absolute atomic E-state index is 10.3. The summed E-state index contributed by atoms with van der Waals surface area (Å²) in [5.41, 5.74) is 0. The van der Waals surface area contributed by atoms with Crippen LogP contribution in [0.4, 0.5) is 0 Å². The van der Waals surface area contributed by atoms with Crippen LogP contribution < -0.4 is 0 Å². The summed E-state index contributed by atoms with van der Waals surface area (Å²) in [6.07, 6.45) is 5.92. The fourth-order valence-electron chi connectivity index (χ4n) is 2.94. The lowest BCUT2D eigenvalue weighted by molar-refractivity contribution is 0.0452. The van der Waals surface area contributed by atoms with E-state index in [9.17, 15) is 5.11 Å². The zero-order valence-corrected chi connectivity index (χ0v) is 14.4. The van der Waals surface area contributed by atoms with Crippen LogP contribution in [0.15, 0.2) is 0 Å². The molecule has 0 bridgehead atoms. The van der Waals surface area contributed by atoms with Crippen LogP contribution in [0.25, 0.3) is 0 Å². The Labute approximate surface area is 122 Å². The Morgan fingerprint density at radius 2 is 1.53 bits per heavy atom. The fourth-order valence-corrected chi connectivity index (χ4v) is 2.94. The van der Waals surface area contributed by atoms with Gasteiger partial charge in [-0.25, -0.2) is 0 Å². The van der Waals surface area contributed by atoms with E-state index in [-0.39, 0.29) is 6.10 Å². The van der Waals surface area contributed by atoms with Gasteiger partial charge >= 0.3 is 0 Å². The van der Waals surface area contributed by atoms with Gasteiger partial charge in [0.15, 0.2) is 0 Å². The second-order valence-corrected chi connectivity index (χ2v) is 6.89. The van der Waals surface area contributed by atoms with E-state index in [1.54, 1.807) is 0 Å². The lowest BCUT2D eigenvalue weighted by atomic mass is 9.73. The quantitative estimate of drug-likeness (QED) is 0.697. The van der Waals surface area contributed by atoms with Gasteiger partial charge in [-0.3, -0.25) is 0 Å². The average Bonchev–Trinajstić information content (AvgIpc) is 2.40. The highest BCUT2D eigenvalue weighted by Gasteiger charge is 2.29. The minimum Gasteiger partial charge on any atom is -0.393 e. The Balaban J connectivity index is 0.00000154. The van der Waals surface area contributed by atoms with Crippen LogP contribution >= 0.6 is 0 Å². The molecular weight excluding hydrogens is 232 g/mol. The van der Waals surface area contributed by atoms with Crippen LogP contribution in [0.3, 0.4) is 0 Å². The van der Waals surface area contributed by atoms with Crippen molar-refractivity contribution in [3.05, 3.63) is 0 Å². The summed E-state index contributed by atoms with van der Waals surface area (Å²) in [4.78, 5) is 0. The molecule has 0 spiro atoms. The van der Waals surface area contributed by atoms with Gasteiger partial charge in [0.25, 0.3) is 0 Å². The van der Waals surface area contributed by atoms with Crippen molar-refractivity contribution in [2.75, 3.05) is 0 Å². The molecule has 0 aromatic carbocycles. The summed E-state index contributed by atoms with van der Waals surface area (Å²) in [6, 6.07) is 0. The summed E-state index contributed by atoms with van der Waals surface area (Å²) in [5, 5.41) is 10.3. The molecule has 0 saturated heterocycles. The van der Waals surface area contributed by atoms with E-state index in [2.05, 4.69) is 34.6 Å². The Morgan fingerprint density at radius 1 is 0.947 bits per heavy atom. The van der Waals surface area contributed by atoms with Crippen LogP contribution in [0.5, 0.6) is 0 Å². The number of aliphatic hydroxyl groups excluding tert-OH is 1. The number of hydrogen-bond donors (Lipinski definition) is 1. The fraction of sp³-hybridized carbons (Fsp3) is 1.00. The summed E-state index contributed by atoms with van der Waals surface area (Å²) >= 11 is 0. The minimum absolute atomic E-state index is 0.0499. The zero-order valence-electron chi connectivity index (χ0n) is 14.4. The van der Waals surface area contributed by atoms with E-state index in [1.807, 2.05) is 13.8 Å². The van der Waals surface area contributed by atoms with Crippen molar-refractivity contribution in [3.8, 4) is 0 Å². The van der Waals surface area contributed by atoms with E-state index in [0.29, 0.717) is 5.92 Å². The minimum atomic E-state index is -0.0499. The molecule has 5 unspecified atom stereocenters. The molecule has 1 aliphatic carbocycles. The number of hydrogen-bond acceptors (Lipinski definition) is 1. The predicted molar refractivity (Wildman–Crippen MR) is 86.3 cm³/mol. The molecule has 19 heavy (non-hydrogen) atoms. The van der Waals surface area contributed by atoms with Crippen LogP contribution in [-0.2, 0) is 0 Å². The van der Waals surface area contributed by atoms with Gasteiger partial charge in [0, 0.05) is 0 Å². The van der Waals surface area contributed by atoms with Crippen LogP contribution in [0, 0.1) is 29.6 Å². The predicted octanol–water partition coefficient (Wildman–Crippen LogP) is 5.52. The molecular formula is C18H38O. The highest BCUT2D eigenvalue weighted by Crippen LogP contribution is 2.36. The first-order valence-corrected chi connectivity index (χ1v) is 8.59. The van der Waals surface area contributed by atoms with Gasteiger partial charge in [-0.2, -0.15) is 0 Å². The number of rotatable bonds is 5. The number of aliphatic hydroxyl groups is 1. The Kier molecular flexibility index (Phi) is 9.78. The maximum atomic E-state index is 10.3. The molecule has 0 amide bonds. The first kappa shape index (κ1) is 19.0. The highest BCUT2D eigenvalue weighted by atomic mass is 16.3. The van der Waals surface area contributed by atoms with Crippen molar-refractivity contribution in [3.63, 3.8) is 0 Å². The van der Waals surface area contributed by atoms with E-state index >= 15 is 0 Å². The van der Waals surface area contributed by atoms with Gasteiger partial charge < -0.3 is 5.11 Å². The van der Waals surface area contributed by atoms with Gasteiger partial charge in [0.1, 0.15) is 0 Å². The van der Waals surface area contributed by atoms with Crippen LogP contribution in [0.2, 0.25) is 0 Å². The smallest absolute Gasteiger partial charge is 0.0568 e. The molecule has 1 fully saturated rings. The molecule has 116 valence electrons. The SMILES string of the molecule is CC.CC(C)C(C)CCC(O)C1CCC(C)C(C)C1. The Bertz CT molecular complexity index is 212. The standard InChI is InChI=1S/C16H32O.C2H6/c1-11(2)12(3)7-9-16(17)15-8-6-13(4)14(5)10-15;1-2/h11-17H,6-10H2,1-5H3;1-2H3. The van der Waals surface area contributed by atoms with Crippen molar-refractivity contribution in [1.82, 2.24) is 0 Å². The second-order valence-electron chi connectivity index (χ2n) is 6.89. The van der Waals surface area contributed by atoms with Gasteiger partial charge in [0.05, 0.1) is 6.10 Å².